The van der Waals surface area contributed by atoms with Gasteiger partial charge in [0.2, 0.25) is 0 Å². The molecule has 2 nitrogen and oxygen atoms in total. The molecule has 0 aromatic carbocycles. The third-order valence-corrected chi connectivity index (χ3v) is 2.52. The summed E-state index contributed by atoms with van der Waals surface area (Å²) in [6.07, 6.45) is -1.84. The number of alkyl halides is 3. The highest BCUT2D eigenvalue weighted by molar-refractivity contribution is 4.70. The topological polar surface area (TPSA) is 35.2 Å². The van der Waals surface area contributed by atoms with Gasteiger partial charge in [-0.05, 0) is 12.3 Å². The second-order valence-corrected chi connectivity index (χ2v) is 3.70. The molecule has 0 aliphatic heterocycles. The van der Waals surface area contributed by atoms with E-state index < -0.39 is 12.8 Å². The van der Waals surface area contributed by atoms with Crippen LogP contribution in [0.1, 0.15) is 33.1 Å². The average molecular weight is 227 g/mol. The maximum Gasteiger partial charge on any atom is 0.411 e. The Morgan fingerprint density at radius 3 is 2.13 bits per heavy atom. The number of halogens is 3. The number of ether oxygens (including phenoxy) is 1. The van der Waals surface area contributed by atoms with Crippen molar-refractivity contribution >= 4 is 0 Å². The van der Waals surface area contributed by atoms with Gasteiger partial charge in [-0.2, -0.15) is 13.2 Å². The van der Waals surface area contributed by atoms with Crippen LogP contribution in [0.4, 0.5) is 13.2 Å². The quantitative estimate of drug-likeness (QED) is 0.679. The first-order valence-electron chi connectivity index (χ1n) is 5.30. The molecule has 92 valence electrons. The van der Waals surface area contributed by atoms with Gasteiger partial charge in [-0.25, -0.2) is 0 Å². The molecule has 0 radical (unpaired) electrons. The maximum absolute atomic E-state index is 11.7. The van der Waals surface area contributed by atoms with Crippen molar-refractivity contribution in [3.63, 3.8) is 0 Å². The number of hydrogen-bond donors (Lipinski definition) is 1. The first-order chi connectivity index (χ1) is 6.90. The zero-order chi connectivity index (χ0) is 11.9. The van der Waals surface area contributed by atoms with Crippen molar-refractivity contribution in [3.8, 4) is 0 Å². The lowest BCUT2D eigenvalue weighted by Crippen LogP contribution is -2.31. The monoisotopic (exact) mass is 227 g/mol. The van der Waals surface area contributed by atoms with Crippen molar-refractivity contribution in [3.05, 3.63) is 0 Å². The molecule has 0 aliphatic carbocycles. The second-order valence-electron chi connectivity index (χ2n) is 3.70. The molecular weight excluding hydrogens is 207 g/mol. The summed E-state index contributed by atoms with van der Waals surface area (Å²) < 4.78 is 39.6. The van der Waals surface area contributed by atoms with E-state index in [0.717, 1.165) is 12.8 Å². The molecule has 0 rings (SSSR count). The minimum Gasteiger partial charge on any atom is -0.372 e. The molecule has 1 atom stereocenters. The zero-order valence-corrected chi connectivity index (χ0v) is 9.31. The van der Waals surface area contributed by atoms with Gasteiger partial charge in [0.1, 0.15) is 6.61 Å². The average Bonchev–Trinajstić information content (AvgIpc) is 2.13. The molecule has 0 heterocycles. The third kappa shape index (κ3) is 7.62. The molecule has 0 aliphatic rings. The number of hydrogen-bond acceptors (Lipinski definition) is 2. The minimum absolute atomic E-state index is 0.0618. The van der Waals surface area contributed by atoms with Crippen molar-refractivity contribution in [2.24, 2.45) is 11.7 Å². The Balaban J connectivity index is 3.58. The Labute approximate surface area is 89.0 Å². The summed E-state index contributed by atoms with van der Waals surface area (Å²) >= 11 is 0. The largest absolute Gasteiger partial charge is 0.411 e. The molecular formula is C10H20F3NO. The Morgan fingerprint density at radius 1 is 1.20 bits per heavy atom. The van der Waals surface area contributed by atoms with Gasteiger partial charge in [0.15, 0.2) is 0 Å². The van der Waals surface area contributed by atoms with E-state index in [2.05, 4.69) is 4.74 Å². The number of nitrogens with two attached hydrogens (primary N) is 1. The van der Waals surface area contributed by atoms with Gasteiger partial charge in [-0.3, -0.25) is 0 Å². The van der Waals surface area contributed by atoms with Gasteiger partial charge in [0.05, 0.1) is 0 Å². The van der Waals surface area contributed by atoms with Gasteiger partial charge in [-0.15, -0.1) is 0 Å². The van der Waals surface area contributed by atoms with E-state index in [4.69, 9.17) is 5.73 Å². The molecule has 2 N–H and O–H groups in total. The van der Waals surface area contributed by atoms with Gasteiger partial charge >= 0.3 is 6.18 Å². The minimum atomic E-state index is -4.24. The molecule has 0 aromatic heterocycles. The van der Waals surface area contributed by atoms with E-state index in [9.17, 15) is 13.2 Å². The summed E-state index contributed by atoms with van der Waals surface area (Å²) in [5.41, 5.74) is 5.83. The highest BCUT2D eigenvalue weighted by atomic mass is 19.4. The predicted molar refractivity (Wildman–Crippen MR) is 53.5 cm³/mol. The van der Waals surface area contributed by atoms with Crippen LogP contribution in [0.3, 0.4) is 0 Å². The van der Waals surface area contributed by atoms with Crippen LogP contribution in [0, 0.1) is 5.92 Å². The molecule has 5 heteroatoms. The van der Waals surface area contributed by atoms with Crippen molar-refractivity contribution in [1.82, 2.24) is 0 Å². The SMILES string of the molecule is CCC(CC)C(N)CCOCC(F)(F)F. The van der Waals surface area contributed by atoms with E-state index >= 15 is 0 Å². The van der Waals surface area contributed by atoms with Gasteiger partial charge in [0, 0.05) is 12.6 Å². The summed E-state index contributed by atoms with van der Waals surface area (Å²) in [7, 11) is 0. The molecule has 15 heavy (non-hydrogen) atoms. The maximum atomic E-state index is 11.7. The predicted octanol–water partition coefficient (Wildman–Crippen LogP) is 2.72. The normalized spacial score (nSPS) is 14.6. The van der Waals surface area contributed by atoms with E-state index in [1.807, 2.05) is 13.8 Å². The van der Waals surface area contributed by atoms with E-state index in [-0.39, 0.29) is 12.6 Å². The highest BCUT2D eigenvalue weighted by Crippen LogP contribution is 2.16. The molecule has 0 saturated heterocycles. The van der Waals surface area contributed by atoms with Crippen LogP contribution in [0.5, 0.6) is 0 Å². The lowest BCUT2D eigenvalue weighted by Gasteiger charge is -2.21. The summed E-state index contributed by atoms with van der Waals surface area (Å²) in [6, 6.07) is -0.0618. The molecule has 0 spiro atoms. The Hall–Kier alpha value is -0.290. The van der Waals surface area contributed by atoms with Gasteiger partial charge < -0.3 is 10.5 Å². The zero-order valence-electron chi connectivity index (χ0n) is 9.31. The standard InChI is InChI=1S/C10H20F3NO/c1-3-8(4-2)9(14)5-6-15-7-10(11,12)13/h8-9H,3-7,14H2,1-2H3. The molecule has 1 unspecified atom stereocenters. The first-order valence-corrected chi connectivity index (χ1v) is 5.30. The molecule has 0 saturated carbocycles. The van der Waals surface area contributed by atoms with Crippen LogP contribution in [-0.2, 0) is 4.74 Å². The first kappa shape index (κ1) is 14.7. The fraction of sp³-hybridized carbons (Fsp3) is 1.00. The van der Waals surface area contributed by atoms with Crippen LogP contribution in [0.2, 0.25) is 0 Å². The number of rotatable bonds is 7. The van der Waals surface area contributed by atoms with E-state index in [0.29, 0.717) is 12.3 Å². The molecule has 0 fully saturated rings. The van der Waals surface area contributed by atoms with Crippen LogP contribution < -0.4 is 5.73 Å². The second kappa shape index (κ2) is 7.06. The van der Waals surface area contributed by atoms with E-state index in [1.54, 1.807) is 0 Å². The fourth-order valence-corrected chi connectivity index (χ4v) is 1.54. The van der Waals surface area contributed by atoms with Crippen molar-refractivity contribution < 1.29 is 17.9 Å². The Bertz CT molecular complexity index is 157. The molecule has 0 amide bonds. The van der Waals surface area contributed by atoms with Crippen LogP contribution in [0.25, 0.3) is 0 Å². The summed E-state index contributed by atoms with van der Waals surface area (Å²) in [5, 5.41) is 0. The highest BCUT2D eigenvalue weighted by Gasteiger charge is 2.27. The summed E-state index contributed by atoms with van der Waals surface area (Å²) in [6.45, 7) is 2.97. The lowest BCUT2D eigenvalue weighted by atomic mass is 9.93. The van der Waals surface area contributed by atoms with Crippen molar-refractivity contribution in [2.45, 2.75) is 45.3 Å². The smallest absolute Gasteiger partial charge is 0.372 e. The van der Waals surface area contributed by atoms with Crippen LogP contribution in [-0.4, -0.2) is 25.4 Å². The van der Waals surface area contributed by atoms with E-state index in [1.165, 1.54) is 0 Å². The Kier molecular flexibility index (Phi) is 6.92. The third-order valence-electron chi connectivity index (χ3n) is 2.52. The molecule has 0 aromatic rings. The molecule has 0 bridgehead atoms. The Morgan fingerprint density at radius 2 is 1.73 bits per heavy atom. The van der Waals surface area contributed by atoms with Crippen molar-refractivity contribution in [1.29, 1.82) is 0 Å². The summed E-state index contributed by atoms with van der Waals surface area (Å²) in [4.78, 5) is 0. The van der Waals surface area contributed by atoms with Gasteiger partial charge in [0.25, 0.3) is 0 Å². The van der Waals surface area contributed by atoms with Crippen LogP contribution >= 0.6 is 0 Å². The fourth-order valence-electron chi connectivity index (χ4n) is 1.54. The van der Waals surface area contributed by atoms with Crippen molar-refractivity contribution in [2.75, 3.05) is 13.2 Å². The lowest BCUT2D eigenvalue weighted by molar-refractivity contribution is -0.174. The van der Waals surface area contributed by atoms with Crippen LogP contribution in [0.15, 0.2) is 0 Å². The summed E-state index contributed by atoms with van der Waals surface area (Å²) in [5.74, 6) is 0.375. The van der Waals surface area contributed by atoms with Gasteiger partial charge in [-0.1, -0.05) is 26.7 Å².